The van der Waals surface area contributed by atoms with Gasteiger partial charge in [-0.15, -0.1) is 24.8 Å². The molecular weight excluding hydrogens is 325 g/mol. The van der Waals surface area contributed by atoms with Crippen LogP contribution in [0.2, 0.25) is 0 Å². The van der Waals surface area contributed by atoms with Crippen LogP contribution in [-0.4, -0.2) is 40.5 Å². The van der Waals surface area contributed by atoms with Gasteiger partial charge in [-0.3, -0.25) is 9.36 Å². The van der Waals surface area contributed by atoms with Crippen LogP contribution in [0.3, 0.4) is 0 Å². The summed E-state index contributed by atoms with van der Waals surface area (Å²) in [6, 6.07) is 0. The molecule has 1 heterocycles. The molecule has 9 heteroatoms. The van der Waals surface area contributed by atoms with E-state index < -0.39 is 6.55 Å². The van der Waals surface area contributed by atoms with Gasteiger partial charge in [0.15, 0.2) is 0 Å². The molecule has 0 radical (unpaired) electrons. The number of amides is 1. The number of likely N-dealkylation sites (N-methyl/N-ethyl adjacent to an activating group) is 1. The molecule has 1 aromatic heterocycles. The van der Waals surface area contributed by atoms with Crippen molar-refractivity contribution in [1.29, 1.82) is 0 Å². The molecule has 0 bridgehead atoms. The predicted octanol–water partition coefficient (Wildman–Crippen LogP) is 2.08. The van der Waals surface area contributed by atoms with Crippen molar-refractivity contribution in [2.45, 2.75) is 25.9 Å². The zero-order valence-electron chi connectivity index (χ0n) is 11.7. The minimum atomic E-state index is -2.63. The van der Waals surface area contributed by atoms with Crippen LogP contribution in [0.1, 0.15) is 25.2 Å². The summed E-state index contributed by atoms with van der Waals surface area (Å²) >= 11 is 0. The third-order valence-electron chi connectivity index (χ3n) is 3.17. The summed E-state index contributed by atoms with van der Waals surface area (Å²) in [5.74, 6) is 0.772. The second kappa shape index (κ2) is 9.17. The van der Waals surface area contributed by atoms with Crippen LogP contribution >= 0.6 is 24.8 Å². The number of alkyl halides is 2. The molecule has 5 nitrogen and oxygen atoms in total. The van der Waals surface area contributed by atoms with Gasteiger partial charge in [-0.2, -0.15) is 8.78 Å². The monoisotopic (exact) mass is 344 g/mol. The van der Waals surface area contributed by atoms with Crippen molar-refractivity contribution in [2.24, 2.45) is 5.92 Å². The van der Waals surface area contributed by atoms with Gasteiger partial charge in [0.1, 0.15) is 5.82 Å². The van der Waals surface area contributed by atoms with Crippen molar-refractivity contribution < 1.29 is 13.6 Å². The molecule has 0 aliphatic heterocycles. The highest BCUT2D eigenvalue weighted by atomic mass is 35.5. The lowest BCUT2D eigenvalue weighted by Gasteiger charge is -2.17. The molecule has 21 heavy (non-hydrogen) atoms. The van der Waals surface area contributed by atoms with Gasteiger partial charge in [-0.05, 0) is 25.3 Å². The fourth-order valence-electron chi connectivity index (χ4n) is 1.78. The molecule has 0 spiro atoms. The van der Waals surface area contributed by atoms with Gasteiger partial charge in [0.25, 0.3) is 0 Å². The van der Waals surface area contributed by atoms with E-state index in [-0.39, 0.29) is 49.6 Å². The van der Waals surface area contributed by atoms with Crippen molar-refractivity contribution in [3.8, 4) is 0 Å². The number of rotatable bonds is 7. The molecule has 1 saturated carbocycles. The Labute approximate surface area is 134 Å². The molecule has 1 aliphatic rings. The van der Waals surface area contributed by atoms with E-state index in [9.17, 15) is 13.6 Å². The van der Waals surface area contributed by atoms with E-state index in [2.05, 4.69) is 10.3 Å². The maximum absolute atomic E-state index is 12.6. The van der Waals surface area contributed by atoms with Crippen molar-refractivity contribution >= 4 is 30.7 Å². The maximum atomic E-state index is 12.6. The van der Waals surface area contributed by atoms with Crippen LogP contribution in [0.25, 0.3) is 0 Å². The molecule has 0 atom stereocenters. The number of nitrogens with zero attached hydrogens (tertiary/aromatic N) is 3. The number of hydrogen-bond acceptors (Lipinski definition) is 3. The molecule has 1 N–H and O–H groups in total. The first kappa shape index (κ1) is 20.1. The molecule has 1 amide bonds. The molecule has 2 rings (SSSR count). The number of nitrogens with one attached hydrogen (secondary N) is 1. The second-order valence-corrected chi connectivity index (χ2v) is 4.85. The fourth-order valence-corrected chi connectivity index (χ4v) is 1.78. The van der Waals surface area contributed by atoms with Gasteiger partial charge < -0.3 is 10.2 Å². The van der Waals surface area contributed by atoms with Crippen LogP contribution in [0.5, 0.6) is 0 Å². The van der Waals surface area contributed by atoms with Gasteiger partial charge in [0, 0.05) is 19.4 Å². The van der Waals surface area contributed by atoms with E-state index in [1.807, 2.05) is 0 Å². The molecule has 1 aromatic rings. The summed E-state index contributed by atoms with van der Waals surface area (Å²) < 4.78 is 26.0. The van der Waals surface area contributed by atoms with E-state index >= 15 is 0 Å². The van der Waals surface area contributed by atoms with E-state index in [1.165, 1.54) is 30.1 Å². The van der Waals surface area contributed by atoms with Crippen LogP contribution < -0.4 is 5.32 Å². The zero-order valence-corrected chi connectivity index (χ0v) is 13.3. The Morgan fingerprint density at radius 2 is 2.19 bits per heavy atom. The highest BCUT2D eigenvalue weighted by molar-refractivity contribution is 5.85. The Bertz CT molecular complexity index is 441. The van der Waals surface area contributed by atoms with Gasteiger partial charge in [-0.1, -0.05) is 0 Å². The lowest BCUT2D eigenvalue weighted by Crippen LogP contribution is -2.36. The summed E-state index contributed by atoms with van der Waals surface area (Å²) in [6.45, 7) is -1.46. The number of aromatic nitrogens is 2. The molecule has 0 aromatic carbocycles. The third kappa shape index (κ3) is 6.15. The lowest BCUT2D eigenvalue weighted by molar-refractivity contribution is -0.129. The first-order valence-electron chi connectivity index (χ1n) is 6.32. The quantitative estimate of drug-likeness (QED) is 0.823. The number of imidazole rings is 1. The van der Waals surface area contributed by atoms with E-state index in [1.54, 1.807) is 7.05 Å². The second-order valence-electron chi connectivity index (χ2n) is 4.85. The molecule has 122 valence electrons. The number of carbonyl (C=O) groups excluding carboxylic acids is 1. The van der Waals surface area contributed by atoms with Crippen molar-refractivity contribution in [2.75, 3.05) is 20.1 Å². The van der Waals surface area contributed by atoms with Crippen LogP contribution in [0, 0.1) is 5.92 Å². The maximum Gasteiger partial charge on any atom is 0.319 e. The summed E-state index contributed by atoms with van der Waals surface area (Å²) in [4.78, 5) is 17.0. The Kier molecular flexibility index (Phi) is 8.77. The van der Waals surface area contributed by atoms with Crippen molar-refractivity contribution in [1.82, 2.24) is 19.8 Å². The van der Waals surface area contributed by atoms with Gasteiger partial charge >= 0.3 is 6.55 Å². The SMILES string of the molecule is CN(Cc1nccn1C(F)F)C(=O)CNCC1CC1.Cl.Cl. The number of halogens is 4. The average Bonchev–Trinajstić information content (AvgIpc) is 3.06. The Morgan fingerprint density at radius 1 is 1.52 bits per heavy atom. The van der Waals surface area contributed by atoms with Gasteiger partial charge in [0.05, 0.1) is 13.1 Å². The first-order chi connectivity index (χ1) is 9.08. The Hall–Kier alpha value is -0.920. The summed E-state index contributed by atoms with van der Waals surface area (Å²) in [5, 5.41) is 3.08. The summed E-state index contributed by atoms with van der Waals surface area (Å²) in [6.07, 6.45) is 4.97. The standard InChI is InChI=1S/C12H18F2N4O.2ClH/c1-17(11(19)7-15-6-9-2-3-9)8-10-16-4-5-18(10)12(13)14;;/h4-5,9,12,15H,2-3,6-8H2,1H3;2*1H. The molecular formula is C12H20Cl2F2N4O. The smallest absolute Gasteiger partial charge is 0.319 e. The number of hydrogen-bond donors (Lipinski definition) is 1. The lowest BCUT2D eigenvalue weighted by atomic mass is 10.4. The minimum absolute atomic E-state index is 0. The van der Waals surface area contributed by atoms with Gasteiger partial charge in [0.2, 0.25) is 5.91 Å². The van der Waals surface area contributed by atoms with Crippen LogP contribution in [-0.2, 0) is 11.3 Å². The molecule has 0 saturated heterocycles. The summed E-state index contributed by atoms with van der Waals surface area (Å²) in [5.41, 5.74) is 0. The van der Waals surface area contributed by atoms with Crippen molar-refractivity contribution in [3.05, 3.63) is 18.2 Å². The largest absolute Gasteiger partial charge is 0.337 e. The van der Waals surface area contributed by atoms with Crippen LogP contribution in [0.15, 0.2) is 12.4 Å². The van der Waals surface area contributed by atoms with Crippen molar-refractivity contribution in [3.63, 3.8) is 0 Å². The Balaban J connectivity index is 0.00000200. The topological polar surface area (TPSA) is 50.2 Å². The average molecular weight is 345 g/mol. The van der Waals surface area contributed by atoms with E-state index in [0.29, 0.717) is 5.92 Å². The molecule has 1 aliphatic carbocycles. The highest BCUT2D eigenvalue weighted by Gasteiger charge is 2.21. The normalized spacial score (nSPS) is 13.5. The van der Waals surface area contributed by atoms with Gasteiger partial charge in [-0.25, -0.2) is 4.98 Å². The minimum Gasteiger partial charge on any atom is -0.337 e. The molecule has 0 unspecified atom stereocenters. The Morgan fingerprint density at radius 3 is 2.76 bits per heavy atom. The fraction of sp³-hybridized carbons (Fsp3) is 0.667. The summed E-state index contributed by atoms with van der Waals surface area (Å²) in [7, 11) is 1.59. The van der Waals surface area contributed by atoms with E-state index in [0.717, 1.165) is 11.1 Å². The predicted molar refractivity (Wildman–Crippen MR) is 80.0 cm³/mol. The first-order valence-corrected chi connectivity index (χ1v) is 6.32. The number of carbonyl (C=O) groups is 1. The van der Waals surface area contributed by atoms with Crippen LogP contribution in [0.4, 0.5) is 8.78 Å². The third-order valence-corrected chi connectivity index (χ3v) is 3.17. The highest BCUT2D eigenvalue weighted by Crippen LogP contribution is 2.27. The molecule has 1 fully saturated rings. The zero-order chi connectivity index (χ0) is 13.8. The van der Waals surface area contributed by atoms with E-state index in [4.69, 9.17) is 0 Å².